The molecule has 1 fully saturated rings. The number of amides is 1. The number of hydrogen-bond acceptors (Lipinski definition) is 3. The second-order valence-corrected chi connectivity index (χ2v) is 5.39. The van der Waals surface area contributed by atoms with E-state index in [0.29, 0.717) is 18.5 Å². The van der Waals surface area contributed by atoms with Crippen LogP contribution in [0.5, 0.6) is 0 Å². The minimum absolute atomic E-state index is 0.346. The van der Waals surface area contributed by atoms with Gasteiger partial charge in [0, 0.05) is 0 Å². The number of nitrogens with one attached hydrogen (secondary N) is 1. The van der Waals surface area contributed by atoms with Gasteiger partial charge in [0.25, 0.3) is 0 Å². The Balaban J connectivity index is 2.24. The number of carbonyl (C=O) groups is 1. The Labute approximate surface area is 104 Å². The molecule has 0 saturated carbocycles. The van der Waals surface area contributed by atoms with Gasteiger partial charge < -0.3 is 11.1 Å². The molecule has 0 atom stereocenters. The molecular formula is C12H15FN2OS. The third kappa shape index (κ3) is 2.54. The van der Waals surface area contributed by atoms with Gasteiger partial charge in [-0.15, -0.1) is 0 Å². The Hall–Kier alpha value is -1.23. The van der Waals surface area contributed by atoms with Gasteiger partial charge in [-0.05, 0) is 36.5 Å². The third-order valence-electron chi connectivity index (χ3n) is 3.07. The monoisotopic (exact) mass is 254 g/mol. The van der Waals surface area contributed by atoms with Gasteiger partial charge >= 0.3 is 0 Å². The highest BCUT2D eigenvalue weighted by Crippen LogP contribution is 2.31. The summed E-state index contributed by atoms with van der Waals surface area (Å²) in [5.74, 6) is 0.974. The minimum atomic E-state index is -0.798. The van der Waals surface area contributed by atoms with Gasteiger partial charge in [-0.2, -0.15) is 11.8 Å². The lowest BCUT2D eigenvalue weighted by atomic mass is 9.91. The van der Waals surface area contributed by atoms with Crippen LogP contribution >= 0.6 is 11.8 Å². The first-order valence-electron chi connectivity index (χ1n) is 5.54. The normalized spacial score (nSPS) is 18.6. The van der Waals surface area contributed by atoms with E-state index >= 15 is 0 Å². The number of hydrogen-bond donors (Lipinski definition) is 2. The minimum Gasteiger partial charge on any atom is -0.369 e. The van der Waals surface area contributed by atoms with Crippen LogP contribution in [0.3, 0.4) is 0 Å². The summed E-state index contributed by atoms with van der Waals surface area (Å²) in [6.07, 6.45) is 1.28. The highest BCUT2D eigenvalue weighted by Gasteiger charge is 2.38. The summed E-state index contributed by atoms with van der Waals surface area (Å²) >= 11 is 1.79. The second-order valence-electron chi connectivity index (χ2n) is 4.16. The lowest BCUT2D eigenvalue weighted by Gasteiger charge is -2.35. The molecule has 5 heteroatoms. The molecule has 1 aliphatic heterocycles. The first kappa shape index (κ1) is 12.2. The number of carbonyl (C=O) groups excluding carboxylic acids is 1. The molecule has 0 bridgehead atoms. The summed E-state index contributed by atoms with van der Waals surface area (Å²) < 4.78 is 13.6. The van der Waals surface area contributed by atoms with Gasteiger partial charge in [0.2, 0.25) is 5.91 Å². The van der Waals surface area contributed by atoms with Crippen LogP contribution in [0.15, 0.2) is 24.3 Å². The molecule has 1 aliphatic rings. The van der Waals surface area contributed by atoms with E-state index < -0.39 is 11.4 Å². The van der Waals surface area contributed by atoms with E-state index in [9.17, 15) is 9.18 Å². The predicted octanol–water partition coefficient (Wildman–Crippen LogP) is 1.99. The molecule has 1 aromatic carbocycles. The fourth-order valence-electron chi connectivity index (χ4n) is 1.97. The first-order chi connectivity index (χ1) is 8.14. The number of anilines is 1. The molecule has 3 N–H and O–H groups in total. The number of primary amides is 1. The molecule has 17 heavy (non-hydrogen) atoms. The second kappa shape index (κ2) is 4.96. The number of halogens is 1. The average molecular weight is 254 g/mol. The number of thioether (sulfide) groups is 1. The van der Waals surface area contributed by atoms with Crippen molar-refractivity contribution in [2.24, 2.45) is 5.73 Å². The average Bonchev–Trinajstić information content (AvgIpc) is 2.33. The SMILES string of the molecule is NC(=O)C1(Nc2ccccc2F)CCSCC1. The topological polar surface area (TPSA) is 55.1 Å². The van der Waals surface area contributed by atoms with E-state index in [4.69, 9.17) is 5.73 Å². The Morgan fingerprint density at radius 2 is 2.00 bits per heavy atom. The lowest BCUT2D eigenvalue weighted by Crippen LogP contribution is -2.53. The van der Waals surface area contributed by atoms with Crippen molar-refractivity contribution in [3.63, 3.8) is 0 Å². The molecular weight excluding hydrogens is 239 g/mol. The van der Waals surface area contributed by atoms with E-state index in [1.807, 2.05) is 0 Å². The maximum atomic E-state index is 13.6. The fraction of sp³-hybridized carbons (Fsp3) is 0.417. The molecule has 0 unspecified atom stereocenters. The highest BCUT2D eigenvalue weighted by molar-refractivity contribution is 7.99. The van der Waals surface area contributed by atoms with Crippen molar-refractivity contribution in [3.05, 3.63) is 30.1 Å². The van der Waals surface area contributed by atoms with Gasteiger partial charge in [-0.1, -0.05) is 12.1 Å². The Bertz CT molecular complexity index is 419. The highest BCUT2D eigenvalue weighted by atomic mass is 32.2. The van der Waals surface area contributed by atoms with Crippen LogP contribution < -0.4 is 11.1 Å². The molecule has 92 valence electrons. The molecule has 0 radical (unpaired) electrons. The lowest BCUT2D eigenvalue weighted by molar-refractivity contribution is -0.122. The maximum absolute atomic E-state index is 13.6. The largest absolute Gasteiger partial charge is 0.369 e. The standard InChI is InChI=1S/C12H15FN2OS/c13-9-3-1-2-4-10(9)15-12(11(14)16)5-7-17-8-6-12/h1-4,15H,5-8H2,(H2,14,16). The molecule has 0 aromatic heterocycles. The van der Waals surface area contributed by atoms with Gasteiger partial charge in [-0.25, -0.2) is 4.39 Å². The predicted molar refractivity (Wildman–Crippen MR) is 68.5 cm³/mol. The Morgan fingerprint density at radius 1 is 1.35 bits per heavy atom. The molecule has 0 aliphatic carbocycles. The summed E-state index contributed by atoms with van der Waals surface area (Å²) in [5, 5.41) is 3.00. The number of nitrogens with two attached hydrogens (primary N) is 1. The Morgan fingerprint density at radius 3 is 2.59 bits per heavy atom. The van der Waals surface area contributed by atoms with Crippen LogP contribution in [0.1, 0.15) is 12.8 Å². The van der Waals surface area contributed by atoms with Crippen LogP contribution in [0.2, 0.25) is 0 Å². The first-order valence-corrected chi connectivity index (χ1v) is 6.70. The van der Waals surface area contributed by atoms with Crippen molar-refractivity contribution in [1.82, 2.24) is 0 Å². The summed E-state index contributed by atoms with van der Waals surface area (Å²) in [6, 6.07) is 6.35. The van der Waals surface area contributed by atoms with E-state index in [2.05, 4.69) is 5.32 Å². The van der Waals surface area contributed by atoms with Crippen LogP contribution in [0, 0.1) is 5.82 Å². The molecule has 1 aromatic rings. The number of benzene rings is 1. The van der Waals surface area contributed by atoms with Crippen LogP contribution in [-0.4, -0.2) is 23.0 Å². The molecule has 2 rings (SSSR count). The smallest absolute Gasteiger partial charge is 0.243 e. The van der Waals surface area contributed by atoms with Gasteiger partial charge in [0.15, 0.2) is 0 Å². The van der Waals surface area contributed by atoms with Crippen molar-refractivity contribution in [1.29, 1.82) is 0 Å². The summed E-state index contributed by atoms with van der Waals surface area (Å²) in [6.45, 7) is 0. The van der Waals surface area contributed by atoms with E-state index in [1.165, 1.54) is 6.07 Å². The van der Waals surface area contributed by atoms with Crippen LogP contribution in [-0.2, 0) is 4.79 Å². The zero-order chi connectivity index (χ0) is 12.3. The summed E-state index contributed by atoms with van der Waals surface area (Å²) in [4.78, 5) is 11.6. The van der Waals surface area contributed by atoms with E-state index in [1.54, 1.807) is 30.0 Å². The molecule has 3 nitrogen and oxygen atoms in total. The van der Waals surface area contributed by atoms with Crippen molar-refractivity contribution in [2.75, 3.05) is 16.8 Å². The number of para-hydroxylation sites is 1. The number of rotatable bonds is 3. The van der Waals surface area contributed by atoms with E-state index in [0.717, 1.165) is 11.5 Å². The van der Waals surface area contributed by atoms with Crippen LogP contribution in [0.4, 0.5) is 10.1 Å². The van der Waals surface area contributed by atoms with Crippen molar-refractivity contribution >= 4 is 23.4 Å². The third-order valence-corrected chi connectivity index (χ3v) is 4.05. The zero-order valence-electron chi connectivity index (χ0n) is 9.41. The van der Waals surface area contributed by atoms with E-state index in [-0.39, 0.29) is 5.82 Å². The van der Waals surface area contributed by atoms with Crippen LogP contribution in [0.25, 0.3) is 0 Å². The summed E-state index contributed by atoms with van der Waals surface area (Å²) in [5.41, 5.74) is 5.01. The zero-order valence-corrected chi connectivity index (χ0v) is 10.2. The molecule has 1 heterocycles. The van der Waals surface area contributed by atoms with Crippen molar-refractivity contribution in [3.8, 4) is 0 Å². The molecule has 1 saturated heterocycles. The van der Waals surface area contributed by atoms with Gasteiger partial charge in [0.1, 0.15) is 11.4 Å². The molecule has 1 amide bonds. The Kier molecular flexibility index (Phi) is 3.57. The quantitative estimate of drug-likeness (QED) is 0.867. The van der Waals surface area contributed by atoms with Crippen molar-refractivity contribution in [2.45, 2.75) is 18.4 Å². The van der Waals surface area contributed by atoms with Gasteiger partial charge in [-0.3, -0.25) is 4.79 Å². The van der Waals surface area contributed by atoms with Crippen molar-refractivity contribution < 1.29 is 9.18 Å². The molecule has 0 spiro atoms. The summed E-state index contributed by atoms with van der Waals surface area (Å²) in [7, 11) is 0. The van der Waals surface area contributed by atoms with Gasteiger partial charge in [0.05, 0.1) is 5.69 Å². The fourth-order valence-corrected chi connectivity index (χ4v) is 3.16. The maximum Gasteiger partial charge on any atom is 0.243 e.